The van der Waals surface area contributed by atoms with Crippen LogP contribution in [0.3, 0.4) is 0 Å². The third-order valence-corrected chi connectivity index (χ3v) is 1.66. The third kappa shape index (κ3) is 1.44. The topological polar surface area (TPSA) is 13.1 Å². The van der Waals surface area contributed by atoms with Gasteiger partial charge in [0.1, 0.15) is 12.0 Å². The Bertz CT molecular complexity index is 255. The maximum Gasteiger partial charge on any atom is 0.164 e. The zero-order valence-electron chi connectivity index (χ0n) is 7.36. The van der Waals surface area contributed by atoms with Crippen molar-refractivity contribution in [3.8, 4) is 0 Å². The highest BCUT2D eigenvalue weighted by molar-refractivity contribution is 5.22. The zero-order valence-corrected chi connectivity index (χ0v) is 7.36. The summed E-state index contributed by atoms with van der Waals surface area (Å²) in [7, 11) is 0. The summed E-state index contributed by atoms with van der Waals surface area (Å²) in [4.78, 5) is 0. The first-order chi connectivity index (χ1) is 4.93. The fourth-order valence-electron chi connectivity index (χ4n) is 1.14. The van der Waals surface area contributed by atoms with Crippen LogP contribution in [0, 0.1) is 12.7 Å². The summed E-state index contributed by atoms with van der Waals surface area (Å²) in [5.41, 5.74) is 0.520. The monoisotopic (exact) mass is 156 g/mol. The predicted octanol–water partition coefficient (Wildman–Crippen LogP) is 3.02. The van der Waals surface area contributed by atoms with E-state index in [4.69, 9.17) is 4.42 Å². The van der Waals surface area contributed by atoms with Gasteiger partial charge in [-0.25, -0.2) is 4.39 Å². The van der Waals surface area contributed by atoms with E-state index in [0.717, 1.165) is 12.0 Å². The van der Waals surface area contributed by atoms with Crippen molar-refractivity contribution in [2.45, 2.75) is 33.1 Å². The van der Waals surface area contributed by atoms with Crippen LogP contribution in [0.1, 0.15) is 32.1 Å². The van der Waals surface area contributed by atoms with Crippen LogP contribution in [0.4, 0.5) is 4.39 Å². The molecule has 2 heteroatoms. The van der Waals surface area contributed by atoms with Crippen molar-refractivity contribution in [3.05, 3.63) is 23.4 Å². The molecule has 0 spiro atoms. The Balaban J connectivity index is 3.15. The van der Waals surface area contributed by atoms with E-state index in [-0.39, 0.29) is 11.2 Å². The second-order valence-corrected chi connectivity index (χ2v) is 3.79. The number of hydrogen-bond donors (Lipinski definition) is 0. The largest absolute Gasteiger partial charge is 0.465 e. The molecule has 0 saturated carbocycles. The fraction of sp³-hybridized carbons (Fsp3) is 0.556. The second-order valence-electron chi connectivity index (χ2n) is 3.79. The molecule has 0 bridgehead atoms. The summed E-state index contributed by atoms with van der Waals surface area (Å²) >= 11 is 0. The van der Waals surface area contributed by atoms with Gasteiger partial charge < -0.3 is 4.42 Å². The quantitative estimate of drug-likeness (QED) is 0.562. The van der Waals surface area contributed by atoms with Gasteiger partial charge in [0, 0.05) is 11.0 Å². The molecule has 0 N–H and O–H groups in total. The molecule has 0 amide bonds. The van der Waals surface area contributed by atoms with Gasteiger partial charge in [0.2, 0.25) is 0 Å². The van der Waals surface area contributed by atoms with Gasteiger partial charge in [-0.15, -0.1) is 0 Å². The third-order valence-electron chi connectivity index (χ3n) is 1.66. The Morgan fingerprint density at radius 3 is 2.09 bits per heavy atom. The Kier molecular flexibility index (Phi) is 1.78. The van der Waals surface area contributed by atoms with E-state index in [1.807, 2.05) is 20.8 Å². The van der Waals surface area contributed by atoms with Gasteiger partial charge in [-0.2, -0.15) is 0 Å². The summed E-state index contributed by atoms with van der Waals surface area (Å²) in [5, 5.41) is 0. The summed E-state index contributed by atoms with van der Waals surface area (Å²) < 4.78 is 17.9. The molecule has 1 aromatic rings. The predicted molar refractivity (Wildman–Crippen MR) is 42.1 cm³/mol. The molecule has 0 aliphatic heterocycles. The lowest BCUT2D eigenvalue weighted by molar-refractivity contribution is 0.404. The number of halogens is 1. The van der Waals surface area contributed by atoms with Gasteiger partial charge in [-0.1, -0.05) is 20.8 Å². The van der Waals surface area contributed by atoms with E-state index < -0.39 is 0 Å². The molecule has 1 heterocycles. The molecule has 1 rings (SSSR count). The lowest BCUT2D eigenvalue weighted by Gasteiger charge is -2.15. The van der Waals surface area contributed by atoms with E-state index in [1.165, 1.54) is 0 Å². The van der Waals surface area contributed by atoms with E-state index in [0.29, 0.717) is 5.56 Å². The molecule has 0 radical (unpaired) electrons. The average Bonchev–Trinajstić information content (AvgIpc) is 2.11. The second kappa shape index (κ2) is 2.36. The summed E-state index contributed by atoms with van der Waals surface area (Å²) in [6.45, 7) is 7.73. The van der Waals surface area contributed by atoms with Gasteiger partial charge in [-0.05, 0) is 6.92 Å². The lowest BCUT2D eigenvalue weighted by Crippen LogP contribution is -2.11. The highest BCUT2D eigenvalue weighted by Gasteiger charge is 2.22. The molecule has 0 unspecified atom stereocenters. The maximum atomic E-state index is 12.8. The molecule has 0 atom stereocenters. The van der Waals surface area contributed by atoms with E-state index >= 15 is 0 Å². The number of rotatable bonds is 0. The molecule has 11 heavy (non-hydrogen) atoms. The van der Waals surface area contributed by atoms with Crippen LogP contribution >= 0.6 is 0 Å². The molecule has 0 aliphatic carbocycles. The Labute approximate surface area is 66.2 Å². The molecule has 0 aromatic carbocycles. The first kappa shape index (κ1) is 8.31. The highest BCUT2D eigenvalue weighted by atomic mass is 19.1. The van der Waals surface area contributed by atoms with E-state index in [1.54, 1.807) is 6.92 Å². The van der Waals surface area contributed by atoms with Gasteiger partial charge >= 0.3 is 0 Å². The average molecular weight is 156 g/mol. The van der Waals surface area contributed by atoms with Crippen molar-refractivity contribution in [1.29, 1.82) is 0 Å². The van der Waals surface area contributed by atoms with Gasteiger partial charge in [-0.3, -0.25) is 0 Å². The minimum atomic E-state index is -0.255. The Hall–Kier alpha value is -0.790. The summed E-state index contributed by atoms with van der Waals surface area (Å²) in [5.74, 6) is 0.477. The molecule has 0 fully saturated rings. The molecule has 0 aliphatic rings. The van der Waals surface area contributed by atoms with Crippen LogP contribution in [-0.4, -0.2) is 0 Å². The zero-order chi connectivity index (χ0) is 8.65. The van der Waals surface area contributed by atoms with Crippen LogP contribution < -0.4 is 0 Å². The number of furan rings is 1. The SMILES string of the molecule is Cc1c(F)coc1C(C)(C)C. The van der Waals surface area contributed by atoms with E-state index in [9.17, 15) is 4.39 Å². The van der Waals surface area contributed by atoms with Crippen LogP contribution in [0.2, 0.25) is 0 Å². The first-order valence-corrected chi connectivity index (χ1v) is 3.67. The van der Waals surface area contributed by atoms with Gasteiger partial charge in [0.15, 0.2) is 5.82 Å². The molecule has 62 valence electrons. The van der Waals surface area contributed by atoms with Crippen molar-refractivity contribution in [2.75, 3.05) is 0 Å². The molecular weight excluding hydrogens is 143 g/mol. The van der Waals surface area contributed by atoms with Crippen molar-refractivity contribution in [3.63, 3.8) is 0 Å². The lowest BCUT2D eigenvalue weighted by atomic mass is 9.91. The Morgan fingerprint density at radius 1 is 1.36 bits per heavy atom. The molecule has 1 nitrogen and oxygen atoms in total. The van der Waals surface area contributed by atoms with Crippen molar-refractivity contribution in [2.24, 2.45) is 0 Å². The van der Waals surface area contributed by atoms with Crippen LogP contribution in [0.15, 0.2) is 10.7 Å². The fourth-order valence-corrected chi connectivity index (χ4v) is 1.14. The van der Waals surface area contributed by atoms with Crippen molar-refractivity contribution in [1.82, 2.24) is 0 Å². The number of hydrogen-bond acceptors (Lipinski definition) is 1. The highest BCUT2D eigenvalue weighted by Crippen LogP contribution is 2.27. The summed E-state index contributed by atoms with van der Waals surface area (Å²) in [6.07, 6.45) is 1.16. The molecular formula is C9H13FO. The molecule has 0 saturated heterocycles. The smallest absolute Gasteiger partial charge is 0.164 e. The van der Waals surface area contributed by atoms with Crippen molar-refractivity contribution >= 4 is 0 Å². The summed E-state index contributed by atoms with van der Waals surface area (Å²) in [6, 6.07) is 0. The maximum absolute atomic E-state index is 12.8. The minimum Gasteiger partial charge on any atom is -0.465 e. The van der Waals surface area contributed by atoms with Crippen molar-refractivity contribution < 1.29 is 8.81 Å². The van der Waals surface area contributed by atoms with Gasteiger partial charge in [0.25, 0.3) is 0 Å². The van der Waals surface area contributed by atoms with Crippen LogP contribution in [-0.2, 0) is 5.41 Å². The van der Waals surface area contributed by atoms with Gasteiger partial charge in [0.05, 0.1) is 0 Å². The standard InChI is InChI=1S/C9H13FO/c1-6-7(10)5-11-8(6)9(2,3)4/h5H,1-4H3. The molecule has 1 aromatic heterocycles. The minimum absolute atomic E-state index is 0.103. The van der Waals surface area contributed by atoms with Crippen LogP contribution in [0.5, 0.6) is 0 Å². The Morgan fingerprint density at radius 2 is 1.91 bits per heavy atom. The van der Waals surface area contributed by atoms with Crippen LogP contribution in [0.25, 0.3) is 0 Å². The first-order valence-electron chi connectivity index (χ1n) is 3.67. The normalized spacial score (nSPS) is 12.1. The van der Waals surface area contributed by atoms with E-state index in [2.05, 4.69) is 0 Å².